The lowest BCUT2D eigenvalue weighted by atomic mass is 10.2. The molecule has 0 saturated carbocycles. The van der Waals surface area contributed by atoms with Gasteiger partial charge in [-0.2, -0.15) is 0 Å². The Bertz CT molecular complexity index is 739. The van der Waals surface area contributed by atoms with Crippen molar-refractivity contribution in [1.82, 2.24) is 0 Å². The molecule has 0 aromatic heterocycles. The summed E-state index contributed by atoms with van der Waals surface area (Å²) in [6.07, 6.45) is 0. The van der Waals surface area contributed by atoms with Gasteiger partial charge in [0, 0.05) is 20.3 Å². The summed E-state index contributed by atoms with van der Waals surface area (Å²) in [6, 6.07) is 27.7. The van der Waals surface area contributed by atoms with Crippen LogP contribution in [0.3, 0.4) is 0 Å². The molecule has 0 unspecified atom stereocenters. The van der Waals surface area contributed by atoms with Crippen molar-refractivity contribution in [2.45, 2.75) is 4.43 Å². The lowest BCUT2D eigenvalue weighted by Gasteiger charge is -2.20. The van der Waals surface area contributed by atoms with E-state index in [-0.39, 0.29) is 0 Å². The van der Waals surface area contributed by atoms with Crippen LogP contribution in [-0.2, 0) is 8.99 Å². The van der Waals surface area contributed by atoms with Crippen molar-refractivity contribution >= 4 is 45.6 Å². The topological polar surface area (TPSA) is 17.1 Å². The quantitative estimate of drug-likeness (QED) is 0.352. The Hall–Kier alpha value is -1.38. The van der Waals surface area contributed by atoms with Crippen LogP contribution < -0.4 is 15.9 Å². The molecule has 3 aromatic carbocycles. The van der Waals surface area contributed by atoms with E-state index in [0.29, 0.717) is 0 Å². The molecule has 0 radical (unpaired) electrons. The molecule has 0 heterocycles. The first-order valence-corrected chi connectivity index (χ1v) is 10.3. The number of hydrogen-bond acceptors (Lipinski definition) is 1. The van der Waals surface area contributed by atoms with Crippen LogP contribution in [0.4, 0.5) is 0 Å². The maximum absolute atomic E-state index is 14.0. The first-order valence-electron chi connectivity index (χ1n) is 7.12. The summed E-state index contributed by atoms with van der Waals surface area (Å²) in [7, 11) is -2.81. The van der Waals surface area contributed by atoms with Crippen LogP contribution in [-0.4, -0.2) is 0 Å². The number of halogens is 1. The maximum atomic E-state index is 14.0. The fourth-order valence-corrected chi connectivity index (χ4v) is 5.67. The Morgan fingerprint density at radius 3 is 1.45 bits per heavy atom. The maximum Gasteiger partial charge on any atom is 0.171 e. The van der Waals surface area contributed by atoms with E-state index in [0.717, 1.165) is 20.3 Å². The fourth-order valence-electron chi connectivity index (χ4n) is 2.52. The monoisotopic (exact) mass is 418 g/mol. The smallest absolute Gasteiger partial charge is 0.171 e. The molecule has 0 bridgehead atoms. The van der Waals surface area contributed by atoms with Gasteiger partial charge in [-0.05, 0) is 5.56 Å². The van der Waals surface area contributed by atoms with Gasteiger partial charge in [-0.3, -0.25) is 0 Å². The molecule has 0 N–H and O–H groups in total. The molecule has 3 aromatic rings. The molecule has 3 heteroatoms. The molecule has 22 heavy (non-hydrogen) atoms. The Kier molecular flexibility index (Phi) is 4.80. The summed E-state index contributed by atoms with van der Waals surface area (Å²) >= 11 is 2.34. The predicted molar refractivity (Wildman–Crippen MR) is 104 cm³/mol. The normalized spacial score (nSPS) is 11.3. The molecule has 0 spiro atoms. The van der Waals surface area contributed by atoms with Gasteiger partial charge in [0.05, 0.1) is 0 Å². The highest BCUT2D eigenvalue weighted by Crippen LogP contribution is 2.42. The van der Waals surface area contributed by atoms with Gasteiger partial charge >= 0.3 is 0 Å². The second-order valence-corrected chi connectivity index (χ2v) is 8.61. The number of hydrogen-bond donors (Lipinski definition) is 0. The molecule has 0 saturated heterocycles. The summed E-state index contributed by atoms with van der Waals surface area (Å²) in [5.74, 6) is 0. The van der Waals surface area contributed by atoms with E-state index in [1.807, 2.05) is 72.8 Å². The molecule has 0 aliphatic heterocycles. The Balaban J connectivity index is 2.21. The van der Waals surface area contributed by atoms with Crippen molar-refractivity contribution in [2.75, 3.05) is 0 Å². The lowest BCUT2D eigenvalue weighted by molar-refractivity contribution is 0.592. The van der Waals surface area contributed by atoms with Gasteiger partial charge in [0.25, 0.3) is 0 Å². The first kappa shape index (κ1) is 15.5. The van der Waals surface area contributed by atoms with Crippen LogP contribution in [0.2, 0.25) is 0 Å². The van der Waals surface area contributed by atoms with Crippen molar-refractivity contribution in [1.29, 1.82) is 0 Å². The van der Waals surface area contributed by atoms with E-state index in [9.17, 15) is 4.57 Å². The SMILES string of the molecule is O=P(c1ccccc1)(c1ccccc1)c1ccc(CI)cc1. The highest BCUT2D eigenvalue weighted by Gasteiger charge is 2.29. The Morgan fingerprint density at radius 1 is 0.636 bits per heavy atom. The first-order chi connectivity index (χ1) is 10.7. The number of alkyl halides is 1. The molecule has 0 amide bonds. The van der Waals surface area contributed by atoms with Crippen molar-refractivity contribution in [3.8, 4) is 0 Å². The zero-order valence-electron chi connectivity index (χ0n) is 12.0. The van der Waals surface area contributed by atoms with E-state index >= 15 is 0 Å². The van der Waals surface area contributed by atoms with E-state index < -0.39 is 7.14 Å². The zero-order valence-corrected chi connectivity index (χ0v) is 15.1. The van der Waals surface area contributed by atoms with Crippen molar-refractivity contribution < 1.29 is 4.57 Å². The van der Waals surface area contributed by atoms with Gasteiger partial charge in [-0.1, -0.05) is 108 Å². The van der Waals surface area contributed by atoms with Crippen LogP contribution in [0.25, 0.3) is 0 Å². The second kappa shape index (κ2) is 6.80. The van der Waals surface area contributed by atoms with Gasteiger partial charge in [-0.25, -0.2) is 0 Å². The number of rotatable bonds is 4. The van der Waals surface area contributed by atoms with Crippen LogP contribution in [0.15, 0.2) is 84.9 Å². The van der Waals surface area contributed by atoms with E-state index in [1.165, 1.54) is 5.56 Å². The molecule has 3 rings (SSSR count). The zero-order chi connectivity index (χ0) is 15.4. The molecular formula is C19H16IOP. The van der Waals surface area contributed by atoms with Crippen LogP contribution in [0, 0.1) is 0 Å². The van der Waals surface area contributed by atoms with Crippen LogP contribution in [0.5, 0.6) is 0 Å². The van der Waals surface area contributed by atoms with Gasteiger partial charge in [0.1, 0.15) is 0 Å². The molecule has 0 aliphatic rings. The summed E-state index contributed by atoms with van der Waals surface area (Å²) in [5.41, 5.74) is 1.25. The molecular weight excluding hydrogens is 402 g/mol. The van der Waals surface area contributed by atoms with E-state index in [2.05, 4.69) is 34.7 Å². The van der Waals surface area contributed by atoms with Crippen LogP contribution in [0.1, 0.15) is 5.56 Å². The molecule has 0 atom stereocenters. The van der Waals surface area contributed by atoms with E-state index in [4.69, 9.17) is 0 Å². The Morgan fingerprint density at radius 2 is 1.05 bits per heavy atom. The van der Waals surface area contributed by atoms with Crippen LogP contribution >= 0.6 is 29.7 Å². The summed E-state index contributed by atoms with van der Waals surface area (Å²) in [4.78, 5) is 0. The highest BCUT2D eigenvalue weighted by atomic mass is 127. The highest BCUT2D eigenvalue weighted by molar-refractivity contribution is 14.1. The summed E-state index contributed by atoms with van der Waals surface area (Å²) in [6.45, 7) is 0. The summed E-state index contributed by atoms with van der Waals surface area (Å²) in [5, 5.41) is 2.64. The molecule has 0 aliphatic carbocycles. The molecule has 0 fully saturated rings. The average molecular weight is 418 g/mol. The van der Waals surface area contributed by atoms with Gasteiger partial charge in [0.15, 0.2) is 7.14 Å². The third-order valence-electron chi connectivity index (χ3n) is 3.69. The lowest BCUT2D eigenvalue weighted by Crippen LogP contribution is -2.24. The largest absolute Gasteiger partial charge is 0.309 e. The minimum Gasteiger partial charge on any atom is -0.309 e. The van der Waals surface area contributed by atoms with Gasteiger partial charge < -0.3 is 4.57 Å². The van der Waals surface area contributed by atoms with E-state index in [1.54, 1.807) is 0 Å². The summed E-state index contributed by atoms with van der Waals surface area (Å²) < 4.78 is 15.0. The predicted octanol–water partition coefficient (Wildman–Crippen LogP) is 4.26. The Labute approximate surface area is 144 Å². The van der Waals surface area contributed by atoms with Crippen molar-refractivity contribution in [2.24, 2.45) is 0 Å². The number of benzene rings is 3. The average Bonchev–Trinajstić information content (AvgIpc) is 2.62. The third kappa shape index (κ3) is 2.90. The van der Waals surface area contributed by atoms with Crippen molar-refractivity contribution in [3.05, 3.63) is 90.5 Å². The molecule has 110 valence electrons. The fraction of sp³-hybridized carbons (Fsp3) is 0.0526. The standard InChI is InChI=1S/C19H16IOP/c20-15-16-11-13-19(14-12-16)22(21,17-7-3-1-4-8-17)18-9-5-2-6-10-18/h1-14H,15H2. The van der Waals surface area contributed by atoms with Gasteiger partial charge in [-0.15, -0.1) is 0 Å². The molecule has 1 nitrogen and oxygen atoms in total. The van der Waals surface area contributed by atoms with Crippen molar-refractivity contribution in [3.63, 3.8) is 0 Å². The second-order valence-electron chi connectivity index (χ2n) is 5.08. The third-order valence-corrected chi connectivity index (χ3v) is 7.65. The van der Waals surface area contributed by atoms with Gasteiger partial charge in [0.2, 0.25) is 0 Å². The minimum atomic E-state index is -2.81. The minimum absolute atomic E-state index is 0.878.